The summed E-state index contributed by atoms with van der Waals surface area (Å²) in [6.45, 7) is 10.6. The molecule has 1 aromatic heterocycles. The SMILES string of the molecule is CCN(Cc1noc(CC(C)C)n1)C(=O)C1CSC(C)(C)C(=O)N1. The van der Waals surface area contributed by atoms with Crippen LogP contribution in [-0.4, -0.2) is 49.9 Å². The first-order valence-electron chi connectivity index (χ1n) is 8.28. The molecular formula is C16H26N4O3S. The molecule has 2 amide bonds. The second-order valence-corrected chi connectivity index (χ2v) is 8.54. The third kappa shape index (κ3) is 4.49. The van der Waals surface area contributed by atoms with Gasteiger partial charge in [0.05, 0.1) is 11.3 Å². The maximum Gasteiger partial charge on any atom is 0.246 e. The molecule has 0 aliphatic carbocycles. The largest absolute Gasteiger partial charge is 0.342 e. The van der Waals surface area contributed by atoms with Crippen LogP contribution in [0.2, 0.25) is 0 Å². The van der Waals surface area contributed by atoms with Gasteiger partial charge in [0.15, 0.2) is 5.82 Å². The molecule has 1 N–H and O–H groups in total. The van der Waals surface area contributed by atoms with Gasteiger partial charge in [0.2, 0.25) is 17.7 Å². The first-order chi connectivity index (χ1) is 11.2. The van der Waals surface area contributed by atoms with Crippen molar-refractivity contribution in [3.63, 3.8) is 0 Å². The number of nitrogens with one attached hydrogen (secondary N) is 1. The highest BCUT2D eigenvalue weighted by Gasteiger charge is 2.39. The van der Waals surface area contributed by atoms with Crippen LogP contribution in [0, 0.1) is 5.92 Å². The van der Waals surface area contributed by atoms with Crippen molar-refractivity contribution in [2.75, 3.05) is 12.3 Å². The van der Waals surface area contributed by atoms with Crippen molar-refractivity contribution in [1.82, 2.24) is 20.4 Å². The summed E-state index contributed by atoms with van der Waals surface area (Å²) in [5.74, 6) is 1.87. The molecule has 134 valence electrons. The summed E-state index contributed by atoms with van der Waals surface area (Å²) in [6, 6.07) is -0.502. The van der Waals surface area contributed by atoms with Crippen LogP contribution >= 0.6 is 11.8 Å². The molecule has 0 bridgehead atoms. The van der Waals surface area contributed by atoms with Gasteiger partial charge < -0.3 is 14.7 Å². The number of hydrogen-bond acceptors (Lipinski definition) is 6. The van der Waals surface area contributed by atoms with E-state index in [9.17, 15) is 9.59 Å². The highest BCUT2D eigenvalue weighted by atomic mass is 32.2. The van der Waals surface area contributed by atoms with Gasteiger partial charge in [-0.25, -0.2) is 0 Å². The molecule has 2 rings (SSSR count). The van der Waals surface area contributed by atoms with Crippen LogP contribution in [-0.2, 0) is 22.6 Å². The molecule has 24 heavy (non-hydrogen) atoms. The summed E-state index contributed by atoms with van der Waals surface area (Å²) in [6.07, 6.45) is 0.720. The van der Waals surface area contributed by atoms with Crippen LogP contribution < -0.4 is 5.32 Å². The van der Waals surface area contributed by atoms with E-state index in [-0.39, 0.29) is 18.4 Å². The number of likely N-dealkylation sites (N-methyl/N-ethyl adjacent to an activating group) is 1. The van der Waals surface area contributed by atoms with E-state index in [4.69, 9.17) is 4.52 Å². The van der Waals surface area contributed by atoms with Crippen molar-refractivity contribution in [1.29, 1.82) is 0 Å². The Morgan fingerprint density at radius 2 is 2.21 bits per heavy atom. The number of hydrogen-bond donors (Lipinski definition) is 1. The Kier molecular flexibility index (Phi) is 5.90. The van der Waals surface area contributed by atoms with Crippen LogP contribution in [0.4, 0.5) is 0 Å². The van der Waals surface area contributed by atoms with Gasteiger partial charge in [0, 0.05) is 18.7 Å². The number of aromatic nitrogens is 2. The normalized spacial score (nSPS) is 20.1. The quantitative estimate of drug-likeness (QED) is 0.835. The Labute approximate surface area is 146 Å². The summed E-state index contributed by atoms with van der Waals surface area (Å²) < 4.78 is 4.72. The lowest BCUT2D eigenvalue weighted by atomic mass is 10.1. The lowest BCUT2D eigenvalue weighted by Gasteiger charge is -2.35. The topological polar surface area (TPSA) is 88.3 Å². The van der Waals surface area contributed by atoms with E-state index in [2.05, 4.69) is 29.3 Å². The molecule has 7 nitrogen and oxygen atoms in total. The predicted octanol–water partition coefficient (Wildman–Crippen LogP) is 1.63. The molecule has 1 aromatic rings. The Bertz CT molecular complexity index is 600. The standard InChI is InChI=1S/C16H26N4O3S/c1-6-20(8-12-18-13(23-19-12)7-10(2)3)14(21)11-9-24-16(4,5)15(22)17-11/h10-11H,6-9H2,1-5H3,(H,17,22). The maximum absolute atomic E-state index is 12.7. The summed E-state index contributed by atoms with van der Waals surface area (Å²) in [4.78, 5) is 30.7. The first kappa shape index (κ1) is 18.8. The summed E-state index contributed by atoms with van der Waals surface area (Å²) in [7, 11) is 0. The third-order valence-electron chi connectivity index (χ3n) is 3.88. The fourth-order valence-corrected chi connectivity index (χ4v) is 3.39. The van der Waals surface area contributed by atoms with Gasteiger partial charge in [0.25, 0.3) is 0 Å². The minimum absolute atomic E-state index is 0.105. The number of rotatable bonds is 6. The van der Waals surface area contributed by atoms with E-state index in [0.717, 1.165) is 6.42 Å². The Morgan fingerprint density at radius 3 is 2.79 bits per heavy atom. The molecule has 1 unspecified atom stereocenters. The molecule has 1 fully saturated rings. The second-order valence-electron chi connectivity index (χ2n) is 6.90. The lowest BCUT2D eigenvalue weighted by Crippen LogP contribution is -2.57. The summed E-state index contributed by atoms with van der Waals surface area (Å²) in [5, 5.41) is 6.77. The van der Waals surface area contributed by atoms with E-state index < -0.39 is 10.8 Å². The molecule has 0 radical (unpaired) electrons. The summed E-state index contributed by atoms with van der Waals surface area (Å²) >= 11 is 1.50. The lowest BCUT2D eigenvalue weighted by molar-refractivity contribution is -0.137. The highest BCUT2D eigenvalue weighted by Crippen LogP contribution is 2.29. The molecule has 1 saturated heterocycles. The van der Waals surface area contributed by atoms with Crippen molar-refractivity contribution in [3.8, 4) is 0 Å². The summed E-state index contributed by atoms with van der Waals surface area (Å²) in [5.41, 5.74) is 0. The smallest absolute Gasteiger partial charge is 0.246 e. The minimum Gasteiger partial charge on any atom is -0.342 e. The first-order valence-corrected chi connectivity index (χ1v) is 9.26. The Hall–Kier alpha value is -1.57. The molecule has 0 aromatic carbocycles. The number of amides is 2. The number of nitrogens with zero attached hydrogens (tertiary/aromatic N) is 3. The highest BCUT2D eigenvalue weighted by molar-refractivity contribution is 8.01. The van der Waals surface area contributed by atoms with E-state index in [1.54, 1.807) is 4.90 Å². The number of carbonyl (C=O) groups is 2. The monoisotopic (exact) mass is 354 g/mol. The van der Waals surface area contributed by atoms with Gasteiger partial charge in [-0.3, -0.25) is 9.59 Å². The van der Waals surface area contributed by atoms with Crippen molar-refractivity contribution < 1.29 is 14.1 Å². The van der Waals surface area contributed by atoms with E-state index in [0.29, 0.717) is 29.9 Å². The maximum atomic E-state index is 12.7. The molecule has 0 spiro atoms. The van der Waals surface area contributed by atoms with Crippen molar-refractivity contribution >= 4 is 23.6 Å². The minimum atomic E-state index is -0.502. The van der Waals surface area contributed by atoms with Crippen LogP contribution in [0.5, 0.6) is 0 Å². The fourth-order valence-electron chi connectivity index (χ4n) is 2.39. The zero-order chi connectivity index (χ0) is 17.9. The van der Waals surface area contributed by atoms with E-state index in [1.807, 2.05) is 20.8 Å². The Balaban J connectivity index is 1.99. The molecular weight excluding hydrogens is 328 g/mol. The molecule has 2 heterocycles. The zero-order valence-corrected chi connectivity index (χ0v) is 15.8. The molecule has 1 atom stereocenters. The average Bonchev–Trinajstić information content (AvgIpc) is 2.93. The molecule has 8 heteroatoms. The van der Waals surface area contributed by atoms with Gasteiger partial charge in [-0.1, -0.05) is 19.0 Å². The molecule has 0 saturated carbocycles. The number of thioether (sulfide) groups is 1. The van der Waals surface area contributed by atoms with Gasteiger partial charge >= 0.3 is 0 Å². The van der Waals surface area contributed by atoms with E-state index in [1.165, 1.54) is 11.8 Å². The van der Waals surface area contributed by atoms with Crippen LogP contribution in [0.3, 0.4) is 0 Å². The third-order valence-corrected chi connectivity index (χ3v) is 5.29. The van der Waals surface area contributed by atoms with Crippen molar-refractivity contribution in [2.45, 2.75) is 58.4 Å². The zero-order valence-electron chi connectivity index (χ0n) is 15.0. The predicted molar refractivity (Wildman–Crippen MR) is 92.4 cm³/mol. The van der Waals surface area contributed by atoms with Crippen LogP contribution in [0.25, 0.3) is 0 Å². The van der Waals surface area contributed by atoms with Gasteiger partial charge in [-0.2, -0.15) is 4.98 Å². The second kappa shape index (κ2) is 7.55. The molecule has 1 aliphatic heterocycles. The van der Waals surface area contributed by atoms with Crippen LogP contribution in [0.1, 0.15) is 46.3 Å². The average molecular weight is 354 g/mol. The fraction of sp³-hybridized carbons (Fsp3) is 0.750. The van der Waals surface area contributed by atoms with Crippen molar-refractivity contribution in [3.05, 3.63) is 11.7 Å². The van der Waals surface area contributed by atoms with E-state index >= 15 is 0 Å². The van der Waals surface area contributed by atoms with Crippen LogP contribution in [0.15, 0.2) is 4.52 Å². The van der Waals surface area contributed by atoms with Crippen molar-refractivity contribution in [2.24, 2.45) is 5.92 Å². The van der Waals surface area contributed by atoms with Gasteiger partial charge in [-0.15, -0.1) is 11.8 Å². The van der Waals surface area contributed by atoms with Gasteiger partial charge in [0.1, 0.15) is 6.04 Å². The Morgan fingerprint density at radius 1 is 1.50 bits per heavy atom. The number of carbonyl (C=O) groups excluding carboxylic acids is 2. The molecule has 1 aliphatic rings. The van der Waals surface area contributed by atoms with Gasteiger partial charge in [-0.05, 0) is 26.7 Å².